The lowest BCUT2D eigenvalue weighted by Gasteiger charge is -2.20. The van der Waals surface area contributed by atoms with Gasteiger partial charge in [-0.2, -0.15) is 0 Å². The number of ether oxygens (including phenoxy) is 1. The van der Waals surface area contributed by atoms with Crippen LogP contribution in [0.3, 0.4) is 0 Å². The van der Waals surface area contributed by atoms with Crippen LogP contribution in [0, 0.1) is 6.92 Å². The quantitative estimate of drug-likeness (QED) is 0.785. The summed E-state index contributed by atoms with van der Waals surface area (Å²) in [5.41, 5.74) is 1.10. The van der Waals surface area contributed by atoms with Crippen LogP contribution >= 0.6 is 0 Å². The van der Waals surface area contributed by atoms with Crippen molar-refractivity contribution in [3.63, 3.8) is 0 Å². The Kier molecular flexibility index (Phi) is 6.91. The summed E-state index contributed by atoms with van der Waals surface area (Å²) < 4.78 is 5.45. The second-order valence-corrected chi connectivity index (χ2v) is 6.00. The van der Waals surface area contributed by atoms with Crippen molar-refractivity contribution in [2.45, 2.75) is 39.0 Å². The normalized spacial score (nSPS) is 15.2. The van der Waals surface area contributed by atoms with E-state index in [1.165, 1.54) is 0 Å². The van der Waals surface area contributed by atoms with E-state index in [9.17, 15) is 9.59 Å². The van der Waals surface area contributed by atoms with Crippen molar-refractivity contribution in [2.24, 2.45) is 0 Å². The minimum atomic E-state index is -0.131. The first kappa shape index (κ1) is 17.3. The van der Waals surface area contributed by atoms with Crippen molar-refractivity contribution >= 4 is 11.8 Å². The van der Waals surface area contributed by atoms with Gasteiger partial charge in [0.05, 0.1) is 0 Å². The molecule has 0 spiro atoms. The number of amides is 2. The number of rotatable bonds is 7. The predicted molar refractivity (Wildman–Crippen MR) is 89.3 cm³/mol. The van der Waals surface area contributed by atoms with Gasteiger partial charge in [0, 0.05) is 26.1 Å². The van der Waals surface area contributed by atoms with Gasteiger partial charge in [-0.15, -0.1) is 0 Å². The van der Waals surface area contributed by atoms with E-state index in [1.54, 1.807) is 0 Å². The van der Waals surface area contributed by atoms with Gasteiger partial charge in [-0.1, -0.05) is 18.6 Å². The van der Waals surface area contributed by atoms with E-state index in [-0.39, 0.29) is 18.4 Å². The van der Waals surface area contributed by atoms with Crippen molar-refractivity contribution in [1.82, 2.24) is 10.2 Å². The Bertz CT molecular complexity index is 531. The van der Waals surface area contributed by atoms with Crippen LogP contribution in [-0.4, -0.2) is 43.0 Å². The van der Waals surface area contributed by atoms with E-state index in [1.807, 2.05) is 36.1 Å². The van der Waals surface area contributed by atoms with E-state index < -0.39 is 0 Å². The number of hydrogen-bond donors (Lipinski definition) is 1. The molecule has 5 nitrogen and oxygen atoms in total. The fourth-order valence-electron chi connectivity index (χ4n) is 2.68. The van der Waals surface area contributed by atoms with Gasteiger partial charge in [-0.3, -0.25) is 9.59 Å². The highest BCUT2D eigenvalue weighted by molar-refractivity contribution is 5.77. The molecule has 2 amide bonds. The Balaban J connectivity index is 1.60. The second-order valence-electron chi connectivity index (χ2n) is 6.00. The SMILES string of the molecule is Cc1cccc(OCC(=O)NCCCN2CCCCCC2=O)c1. The highest BCUT2D eigenvalue weighted by Gasteiger charge is 2.15. The lowest BCUT2D eigenvalue weighted by atomic mass is 10.2. The van der Waals surface area contributed by atoms with Crippen LogP contribution in [0.15, 0.2) is 24.3 Å². The summed E-state index contributed by atoms with van der Waals surface area (Å²) in [6, 6.07) is 7.63. The molecule has 0 aliphatic carbocycles. The summed E-state index contributed by atoms with van der Waals surface area (Å²) in [6.45, 7) is 4.14. The summed E-state index contributed by atoms with van der Waals surface area (Å²) in [4.78, 5) is 25.5. The molecule has 1 saturated heterocycles. The minimum absolute atomic E-state index is 0.0199. The number of nitrogens with one attached hydrogen (secondary N) is 1. The Morgan fingerprint density at radius 2 is 2.17 bits per heavy atom. The zero-order valence-corrected chi connectivity index (χ0v) is 13.8. The summed E-state index contributed by atoms with van der Waals surface area (Å²) in [5, 5.41) is 2.84. The average Bonchev–Trinajstić information content (AvgIpc) is 2.74. The molecule has 2 rings (SSSR count). The molecule has 1 aliphatic rings. The van der Waals surface area contributed by atoms with Crippen LogP contribution in [0.2, 0.25) is 0 Å². The smallest absolute Gasteiger partial charge is 0.257 e. The average molecular weight is 318 g/mol. The highest BCUT2D eigenvalue weighted by Crippen LogP contribution is 2.12. The van der Waals surface area contributed by atoms with Crippen molar-refractivity contribution in [3.05, 3.63) is 29.8 Å². The molecule has 1 fully saturated rings. The van der Waals surface area contributed by atoms with Crippen molar-refractivity contribution in [3.8, 4) is 5.75 Å². The highest BCUT2D eigenvalue weighted by atomic mass is 16.5. The number of carbonyl (C=O) groups is 2. The number of carbonyl (C=O) groups excluding carboxylic acids is 2. The lowest BCUT2D eigenvalue weighted by Crippen LogP contribution is -2.35. The molecule has 1 heterocycles. The van der Waals surface area contributed by atoms with Crippen LogP contribution in [0.25, 0.3) is 0 Å². The largest absolute Gasteiger partial charge is 0.484 e. The Morgan fingerprint density at radius 3 is 3.00 bits per heavy atom. The number of likely N-dealkylation sites (tertiary alicyclic amines) is 1. The van der Waals surface area contributed by atoms with Crippen LogP contribution in [0.5, 0.6) is 5.75 Å². The van der Waals surface area contributed by atoms with Crippen molar-refractivity contribution < 1.29 is 14.3 Å². The number of hydrogen-bond acceptors (Lipinski definition) is 3. The molecule has 1 aromatic carbocycles. The van der Waals surface area contributed by atoms with Crippen molar-refractivity contribution in [2.75, 3.05) is 26.2 Å². The maximum Gasteiger partial charge on any atom is 0.257 e. The summed E-state index contributed by atoms with van der Waals surface area (Å²) >= 11 is 0. The van der Waals surface area contributed by atoms with E-state index >= 15 is 0 Å². The van der Waals surface area contributed by atoms with Crippen LogP contribution < -0.4 is 10.1 Å². The number of nitrogens with zero attached hydrogens (tertiary/aromatic N) is 1. The van der Waals surface area contributed by atoms with Gasteiger partial charge in [0.15, 0.2) is 6.61 Å². The third kappa shape index (κ3) is 6.30. The number of aryl methyl sites for hydroxylation is 1. The van der Waals surface area contributed by atoms with E-state index in [0.717, 1.165) is 44.3 Å². The van der Waals surface area contributed by atoms with Crippen molar-refractivity contribution in [1.29, 1.82) is 0 Å². The molecule has 0 radical (unpaired) electrons. The standard InChI is InChI=1S/C18H26N2O3/c1-15-7-5-8-16(13-15)23-14-17(21)19-10-6-12-20-11-4-2-3-9-18(20)22/h5,7-8,13H,2-4,6,9-12,14H2,1H3,(H,19,21). The maximum absolute atomic E-state index is 11.8. The van der Waals surface area contributed by atoms with Gasteiger partial charge >= 0.3 is 0 Å². The molecule has 23 heavy (non-hydrogen) atoms. The lowest BCUT2D eigenvalue weighted by molar-refractivity contribution is -0.130. The Morgan fingerprint density at radius 1 is 1.30 bits per heavy atom. The van der Waals surface area contributed by atoms with E-state index in [4.69, 9.17) is 4.74 Å². The first-order valence-corrected chi connectivity index (χ1v) is 8.39. The molecule has 0 aromatic heterocycles. The van der Waals surface area contributed by atoms with E-state index in [0.29, 0.717) is 18.7 Å². The molecule has 1 aliphatic heterocycles. The molecule has 0 saturated carbocycles. The fourth-order valence-corrected chi connectivity index (χ4v) is 2.68. The third-order valence-electron chi connectivity index (χ3n) is 3.96. The van der Waals surface area contributed by atoms with Gasteiger partial charge in [0.1, 0.15) is 5.75 Å². The molecular formula is C18H26N2O3. The first-order chi connectivity index (χ1) is 11.1. The van der Waals surface area contributed by atoms with Gasteiger partial charge < -0.3 is 15.0 Å². The second kappa shape index (κ2) is 9.18. The molecular weight excluding hydrogens is 292 g/mol. The molecule has 5 heteroatoms. The van der Waals surface area contributed by atoms with Gasteiger partial charge in [0.25, 0.3) is 5.91 Å². The van der Waals surface area contributed by atoms with Crippen LogP contribution in [0.4, 0.5) is 0 Å². The predicted octanol–water partition coefficient (Wildman–Crippen LogP) is 2.28. The van der Waals surface area contributed by atoms with E-state index in [2.05, 4.69) is 5.32 Å². The van der Waals surface area contributed by atoms with Gasteiger partial charge in [-0.05, 0) is 43.9 Å². The summed E-state index contributed by atoms with van der Waals surface area (Å²) in [6.07, 6.45) is 4.67. The van der Waals surface area contributed by atoms with Gasteiger partial charge in [0.2, 0.25) is 5.91 Å². The summed E-state index contributed by atoms with van der Waals surface area (Å²) in [7, 11) is 0. The number of benzene rings is 1. The molecule has 126 valence electrons. The zero-order valence-electron chi connectivity index (χ0n) is 13.8. The maximum atomic E-state index is 11.8. The Hall–Kier alpha value is -2.04. The molecule has 0 unspecified atom stereocenters. The monoisotopic (exact) mass is 318 g/mol. The molecule has 1 aromatic rings. The van der Waals surface area contributed by atoms with Crippen LogP contribution in [-0.2, 0) is 9.59 Å². The van der Waals surface area contributed by atoms with Crippen LogP contribution in [0.1, 0.15) is 37.7 Å². The molecule has 1 N–H and O–H groups in total. The minimum Gasteiger partial charge on any atom is -0.484 e. The fraction of sp³-hybridized carbons (Fsp3) is 0.556. The molecule has 0 atom stereocenters. The molecule has 0 bridgehead atoms. The Labute approximate surface area is 138 Å². The zero-order chi connectivity index (χ0) is 16.5. The topological polar surface area (TPSA) is 58.6 Å². The third-order valence-corrected chi connectivity index (χ3v) is 3.96. The van der Waals surface area contributed by atoms with Gasteiger partial charge in [-0.25, -0.2) is 0 Å². The first-order valence-electron chi connectivity index (χ1n) is 8.39. The summed E-state index contributed by atoms with van der Waals surface area (Å²) in [5.74, 6) is 0.820.